The maximum Gasteiger partial charge on any atom is 0.169 e. The molecule has 4 nitrogen and oxygen atoms in total. The highest BCUT2D eigenvalue weighted by molar-refractivity contribution is 5.91. The molecule has 0 saturated carbocycles. The second-order valence-electron chi connectivity index (χ2n) is 3.18. The highest BCUT2D eigenvalue weighted by Crippen LogP contribution is 1.82. The minimum absolute atomic E-state index is 0.00969. The average Bonchev–Trinajstić information content (AvgIpc) is 2.30. The zero-order valence-corrected chi connectivity index (χ0v) is 9.70. The summed E-state index contributed by atoms with van der Waals surface area (Å²) in [5, 5.41) is 2.91. The second kappa shape index (κ2) is 10.3. The summed E-state index contributed by atoms with van der Waals surface area (Å²) in [5.41, 5.74) is 0. The van der Waals surface area contributed by atoms with Crippen molar-refractivity contribution in [2.45, 2.75) is 13.3 Å². The lowest BCUT2D eigenvalue weighted by Gasteiger charge is -2.03. The van der Waals surface area contributed by atoms with Crippen molar-refractivity contribution in [2.75, 3.05) is 26.3 Å². The Hall–Kier alpha value is -1.26. The number of rotatable bonds is 10. The van der Waals surface area contributed by atoms with Crippen LogP contribution in [0.25, 0.3) is 0 Å². The fourth-order valence-corrected chi connectivity index (χ4v) is 0.878. The van der Waals surface area contributed by atoms with E-state index < -0.39 is 0 Å². The number of hydrogen-bond donors (Lipinski definition) is 1. The van der Waals surface area contributed by atoms with Crippen molar-refractivity contribution in [1.29, 1.82) is 0 Å². The fourth-order valence-electron chi connectivity index (χ4n) is 0.878. The van der Waals surface area contributed by atoms with Crippen LogP contribution < -0.4 is 5.32 Å². The van der Waals surface area contributed by atoms with Crippen LogP contribution in [-0.2, 0) is 14.3 Å². The lowest BCUT2D eigenvalue weighted by molar-refractivity contribution is -0.123. The zero-order valence-electron chi connectivity index (χ0n) is 9.70. The Morgan fingerprint density at radius 2 is 2.19 bits per heavy atom. The first-order valence-electron chi connectivity index (χ1n) is 5.32. The van der Waals surface area contributed by atoms with Crippen LogP contribution in [0.4, 0.5) is 0 Å². The van der Waals surface area contributed by atoms with Gasteiger partial charge in [0.2, 0.25) is 0 Å². The molecule has 0 saturated heterocycles. The molecule has 0 heterocycles. The summed E-state index contributed by atoms with van der Waals surface area (Å²) in [6.45, 7) is 6.69. The van der Waals surface area contributed by atoms with E-state index in [2.05, 4.69) is 11.9 Å². The van der Waals surface area contributed by atoms with Crippen molar-refractivity contribution in [1.82, 2.24) is 5.32 Å². The van der Waals surface area contributed by atoms with Gasteiger partial charge in [0.15, 0.2) is 11.6 Å². The van der Waals surface area contributed by atoms with Gasteiger partial charge >= 0.3 is 0 Å². The largest absolute Gasteiger partial charge is 0.372 e. The molecular formula is C12H19NO3. The Kier molecular flexibility index (Phi) is 9.46. The van der Waals surface area contributed by atoms with Crippen LogP contribution in [0.3, 0.4) is 0 Å². The topological polar surface area (TPSA) is 55.4 Å². The van der Waals surface area contributed by atoms with E-state index >= 15 is 0 Å². The van der Waals surface area contributed by atoms with Gasteiger partial charge in [-0.25, -0.2) is 0 Å². The summed E-state index contributed by atoms with van der Waals surface area (Å²) in [6.07, 6.45) is 5.11. The molecule has 0 atom stereocenters. The van der Waals surface area contributed by atoms with Crippen LogP contribution in [0.15, 0.2) is 24.8 Å². The Bertz CT molecular complexity index is 259. The number of Topliss-reactive ketones (excluding diaryl/α,β-unsaturated/α-hetero) is 1. The zero-order chi connectivity index (χ0) is 12.2. The summed E-state index contributed by atoms with van der Waals surface area (Å²) in [4.78, 5) is 22.0. The maximum absolute atomic E-state index is 11.1. The summed E-state index contributed by atoms with van der Waals surface area (Å²) in [7, 11) is 0. The summed E-state index contributed by atoms with van der Waals surface area (Å²) in [6, 6.07) is 0. The van der Waals surface area contributed by atoms with Gasteiger partial charge in [-0.1, -0.05) is 25.7 Å². The Morgan fingerprint density at radius 1 is 1.44 bits per heavy atom. The molecule has 0 spiro atoms. The van der Waals surface area contributed by atoms with Crippen molar-refractivity contribution < 1.29 is 14.3 Å². The maximum atomic E-state index is 11.1. The molecule has 0 unspecified atom stereocenters. The number of carbonyl (C=O) groups is 2. The molecule has 0 bridgehead atoms. The molecule has 90 valence electrons. The molecule has 0 aliphatic heterocycles. The Labute approximate surface area is 96.4 Å². The lowest BCUT2D eigenvalue weighted by atomic mass is 10.3. The van der Waals surface area contributed by atoms with Gasteiger partial charge in [-0.2, -0.15) is 0 Å². The average molecular weight is 225 g/mol. The van der Waals surface area contributed by atoms with E-state index in [1.165, 1.54) is 6.08 Å². The van der Waals surface area contributed by atoms with E-state index in [1.807, 2.05) is 0 Å². The molecule has 0 aromatic rings. The number of hydrogen-bond acceptors (Lipinski definition) is 4. The van der Waals surface area contributed by atoms with E-state index in [9.17, 15) is 9.59 Å². The molecule has 0 aromatic carbocycles. The number of carbonyl (C=O) groups excluding carboxylic acids is 2. The minimum atomic E-state index is -0.00969. The number of ketones is 2. The molecule has 0 amide bonds. The van der Waals surface area contributed by atoms with Crippen LogP contribution in [0.1, 0.15) is 13.3 Å². The first kappa shape index (κ1) is 14.7. The van der Waals surface area contributed by atoms with Crippen LogP contribution in [0.2, 0.25) is 0 Å². The third kappa shape index (κ3) is 9.30. The first-order chi connectivity index (χ1) is 7.70. The number of allylic oxidation sites excluding steroid dienone is 2. The number of nitrogens with one attached hydrogen (secondary N) is 1. The molecule has 0 aliphatic rings. The Morgan fingerprint density at radius 3 is 2.81 bits per heavy atom. The van der Waals surface area contributed by atoms with Gasteiger partial charge in [0.1, 0.15) is 6.61 Å². The molecule has 4 heteroatoms. The molecule has 0 aliphatic carbocycles. The van der Waals surface area contributed by atoms with Crippen LogP contribution >= 0.6 is 0 Å². The van der Waals surface area contributed by atoms with Gasteiger partial charge in [0.25, 0.3) is 0 Å². The van der Waals surface area contributed by atoms with Crippen molar-refractivity contribution in [3.05, 3.63) is 24.8 Å². The molecule has 1 N–H and O–H groups in total. The monoisotopic (exact) mass is 225 g/mol. The van der Waals surface area contributed by atoms with Gasteiger partial charge in [0.05, 0.1) is 13.2 Å². The predicted molar refractivity (Wildman–Crippen MR) is 63.3 cm³/mol. The summed E-state index contributed by atoms with van der Waals surface area (Å²) < 4.78 is 5.09. The lowest BCUT2D eigenvalue weighted by Crippen LogP contribution is -2.26. The van der Waals surface area contributed by atoms with Crippen molar-refractivity contribution in [3.63, 3.8) is 0 Å². The SMILES string of the molecule is C=C/C=C/C(=O)CNCCOCC(=O)CC. The second-order valence-corrected chi connectivity index (χ2v) is 3.18. The van der Waals surface area contributed by atoms with Gasteiger partial charge in [-0.15, -0.1) is 0 Å². The Balaban J connectivity index is 3.33. The van der Waals surface area contributed by atoms with Crippen LogP contribution in [-0.4, -0.2) is 37.9 Å². The quantitative estimate of drug-likeness (QED) is 0.341. The molecule has 0 radical (unpaired) electrons. The fraction of sp³-hybridized carbons (Fsp3) is 0.500. The molecular weight excluding hydrogens is 206 g/mol. The van der Waals surface area contributed by atoms with E-state index in [1.54, 1.807) is 19.1 Å². The van der Waals surface area contributed by atoms with Gasteiger partial charge in [-0.3, -0.25) is 9.59 Å². The first-order valence-corrected chi connectivity index (χ1v) is 5.32. The van der Waals surface area contributed by atoms with Crippen molar-refractivity contribution in [3.8, 4) is 0 Å². The van der Waals surface area contributed by atoms with Gasteiger partial charge in [0, 0.05) is 13.0 Å². The minimum Gasteiger partial charge on any atom is -0.372 e. The van der Waals surface area contributed by atoms with Gasteiger partial charge < -0.3 is 10.1 Å². The standard InChI is InChI=1S/C12H19NO3/c1-3-5-6-12(15)9-13-7-8-16-10-11(14)4-2/h3,5-6,13H,1,4,7-10H2,2H3/b6-5+. The van der Waals surface area contributed by atoms with E-state index in [4.69, 9.17) is 4.74 Å². The third-order valence-electron chi connectivity index (χ3n) is 1.80. The highest BCUT2D eigenvalue weighted by atomic mass is 16.5. The van der Waals surface area contributed by atoms with Crippen LogP contribution in [0.5, 0.6) is 0 Å². The normalized spacial score (nSPS) is 10.6. The van der Waals surface area contributed by atoms with Crippen molar-refractivity contribution >= 4 is 11.6 Å². The van der Waals surface area contributed by atoms with Gasteiger partial charge in [-0.05, 0) is 6.08 Å². The number of ether oxygens (including phenoxy) is 1. The molecule has 16 heavy (non-hydrogen) atoms. The molecule has 0 fully saturated rings. The van der Waals surface area contributed by atoms with E-state index in [-0.39, 0.29) is 24.7 Å². The van der Waals surface area contributed by atoms with E-state index in [0.717, 1.165) is 0 Å². The third-order valence-corrected chi connectivity index (χ3v) is 1.80. The molecule has 0 aromatic heterocycles. The van der Waals surface area contributed by atoms with E-state index in [0.29, 0.717) is 19.6 Å². The predicted octanol–water partition coefficient (Wildman–Crippen LogP) is 0.883. The summed E-state index contributed by atoms with van der Waals surface area (Å²) in [5.74, 6) is 0.0783. The smallest absolute Gasteiger partial charge is 0.169 e. The molecule has 0 rings (SSSR count). The summed E-state index contributed by atoms with van der Waals surface area (Å²) >= 11 is 0. The highest BCUT2D eigenvalue weighted by Gasteiger charge is 1.98. The van der Waals surface area contributed by atoms with Crippen molar-refractivity contribution in [2.24, 2.45) is 0 Å². The van der Waals surface area contributed by atoms with Crippen LogP contribution in [0, 0.1) is 0 Å².